The first-order valence-electron chi connectivity index (χ1n) is 8.55. The zero-order valence-corrected chi connectivity index (χ0v) is 13.2. The number of likely N-dealkylation sites (tertiary alicyclic amines) is 1. The van der Waals surface area contributed by atoms with Gasteiger partial charge in [-0.15, -0.1) is 0 Å². The second-order valence-corrected chi connectivity index (χ2v) is 6.87. The predicted octanol–water partition coefficient (Wildman–Crippen LogP) is 3.45. The standard InChI is InChI=1S/C19H22N2O2/c22-19(23)17-11-14-5-1-2-9-16(14)21(17)12-15-7-3-6-13-8-4-10-20-18(13)15/h3-4,6-8,10,14,16-17H,1-2,5,9,11-12H2,(H,22,23)/t14-,16+,17-/m0/s1. The Labute approximate surface area is 136 Å². The summed E-state index contributed by atoms with van der Waals surface area (Å²) < 4.78 is 0. The molecule has 2 fully saturated rings. The molecule has 4 rings (SSSR count). The highest BCUT2D eigenvalue weighted by atomic mass is 16.4. The molecule has 4 nitrogen and oxygen atoms in total. The lowest BCUT2D eigenvalue weighted by atomic mass is 9.84. The molecule has 1 aliphatic heterocycles. The Hall–Kier alpha value is -1.94. The second kappa shape index (κ2) is 5.93. The first-order chi connectivity index (χ1) is 11.2. The summed E-state index contributed by atoms with van der Waals surface area (Å²) in [5.41, 5.74) is 2.14. The molecule has 2 aliphatic rings. The molecule has 3 atom stereocenters. The molecule has 23 heavy (non-hydrogen) atoms. The van der Waals surface area contributed by atoms with Gasteiger partial charge in [-0.05, 0) is 36.8 Å². The summed E-state index contributed by atoms with van der Waals surface area (Å²) in [7, 11) is 0. The van der Waals surface area contributed by atoms with E-state index in [0.717, 1.165) is 29.3 Å². The van der Waals surface area contributed by atoms with Crippen molar-refractivity contribution in [2.75, 3.05) is 0 Å². The van der Waals surface area contributed by atoms with Crippen molar-refractivity contribution in [3.05, 3.63) is 42.1 Å². The summed E-state index contributed by atoms with van der Waals surface area (Å²) in [6.45, 7) is 0.687. The molecule has 0 unspecified atom stereocenters. The number of para-hydroxylation sites is 1. The molecule has 0 amide bonds. The average molecular weight is 310 g/mol. The SMILES string of the molecule is O=C(O)[C@@H]1C[C@@H]2CCCC[C@H]2N1Cc1cccc2cccnc12. The number of hydrogen-bond acceptors (Lipinski definition) is 3. The average Bonchev–Trinajstić information content (AvgIpc) is 2.94. The smallest absolute Gasteiger partial charge is 0.320 e. The molecule has 2 heterocycles. The third-order valence-corrected chi connectivity index (χ3v) is 5.58. The number of fused-ring (bicyclic) bond motifs is 2. The number of aliphatic carboxylic acids is 1. The molecule has 1 saturated heterocycles. The molecule has 1 aromatic heterocycles. The maximum atomic E-state index is 11.8. The molecule has 1 aliphatic carbocycles. The fraction of sp³-hybridized carbons (Fsp3) is 0.474. The maximum Gasteiger partial charge on any atom is 0.320 e. The van der Waals surface area contributed by atoms with Crippen molar-refractivity contribution >= 4 is 16.9 Å². The Kier molecular flexibility index (Phi) is 3.77. The Morgan fingerprint density at radius 1 is 1.22 bits per heavy atom. The van der Waals surface area contributed by atoms with E-state index in [1.165, 1.54) is 19.3 Å². The van der Waals surface area contributed by atoms with Crippen molar-refractivity contribution in [3.63, 3.8) is 0 Å². The van der Waals surface area contributed by atoms with Crippen LogP contribution in [0.5, 0.6) is 0 Å². The number of nitrogens with zero attached hydrogens (tertiary/aromatic N) is 2. The predicted molar refractivity (Wildman–Crippen MR) is 89.1 cm³/mol. The largest absolute Gasteiger partial charge is 0.480 e. The van der Waals surface area contributed by atoms with Crippen LogP contribution in [0.4, 0.5) is 0 Å². The lowest BCUT2D eigenvalue weighted by molar-refractivity contribution is -0.142. The molecule has 1 aromatic carbocycles. The summed E-state index contributed by atoms with van der Waals surface area (Å²) >= 11 is 0. The summed E-state index contributed by atoms with van der Waals surface area (Å²) in [6, 6.07) is 10.3. The van der Waals surface area contributed by atoms with E-state index in [-0.39, 0.29) is 6.04 Å². The summed E-state index contributed by atoms with van der Waals surface area (Å²) in [5, 5.41) is 10.8. The third-order valence-electron chi connectivity index (χ3n) is 5.58. The van der Waals surface area contributed by atoms with Gasteiger partial charge in [-0.3, -0.25) is 14.7 Å². The van der Waals surface area contributed by atoms with E-state index in [9.17, 15) is 9.90 Å². The molecule has 0 radical (unpaired) electrons. The fourth-order valence-electron chi connectivity index (χ4n) is 4.51. The first-order valence-corrected chi connectivity index (χ1v) is 8.55. The summed E-state index contributed by atoms with van der Waals surface area (Å²) in [4.78, 5) is 18.5. The van der Waals surface area contributed by atoms with Gasteiger partial charge in [0.2, 0.25) is 0 Å². The minimum atomic E-state index is -0.674. The Balaban J connectivity index is 1.68. The fourth-order valence-corrected chi connectivity index (χ4v) is 4.51. The van der Waals surface area contributed by atoms with Crippen LogP contribution in [0, 0.1) is 5.92 Å². The number of benzene rings is 1. The zero-order valence-electron chi connectivity index (χ0n) is 13.2. The summed E-state index contributed by atoms with van der Waals surface area (Å²) in [6.07, 6.45) is 7.40. The van der Waals surface area contributed by atoms with E-state index in [4.69, 9.17) is 0 Å². The van der Waals surface area contributed by atoms with Crippen molar-refractivity contribution in [1.82, 2.24) is 9.88 Å². The maximum absolute atomic E-state index is 11.8. The van der Waals surface area contributed by atoms with Gasteiger partial charge in [-0.2, -0.15) is 0 Å². The molecule has 1 saturated carbocycles. The monoisotopic (exact) mass is 310 g/mol. The van der Waals surface area contributed by atoms with E-state index < -0.39 is 5.97 Å². The summed E-state index contributed by atoms with van der Waals surface area (Å²) in [5.74, 6) is -0.125. The highest BCUT2D eigenvalue weighted by Crippen LogP contribution is 2.40. The van der Waals surface area contributed by atoms with Crippen LogP contribution < -0.4 is 0 Å². The van der Waals surface area contributed by atoms with Crippen molar-refractivity contribution in [2.24, 2.45) is 5.92 Å². The molecule has 120 valence electrons. The van der Waals surface area contributed by atoms with Gasteiger partial charge >= 0.3 is 5.97 Å². The Bertz CT molecular complexity index is 725. The first kappa shape index (κ1) is 14.6. The highest BCUT2D eigenvalue weighted by molar-refractivity contribution is 5.81. The Morgan fingerprint density at radius 2 is 2.04 bits per heavy atom. The number of pyridine rings is 1. The van der Waals surface area contributed by atoms with Crippen LogP contribution in [0.3, 0.4) is 0 Å². The van der Waals surface area contributed by atoms with Crippen LogP contribution in [0.25, 0.3) is 10.9 Å². The molecule has 1 N–H and O–H groups in total. The van der Waals surface area contributed by atoms with Crippen LogP contribution in [0.15, 0.2) is 36.5 Å². The normalized spacial score (nSPS) is 27.9. The molecular formula is C19H22N2O2. The van der Waals surface area contributed by atoms with E-state index in [1.54, 1.807) is 0 Å². The van der Waals surface area contributed by atoms with Gasteiger partial charge in [0, 0.05) is 24.2 Å². The highest BCUT2D eigenvalue weighted by Gasteiger charge is 2.45. The van der Waals surface area contributed by atoms with E-state index in [1.807, 2.05) is 18.3 Å². The van der Waals surface area contributed by atoms with Crippen LogP contribution in [-0.4, -0.2) is 33.0 Å². The zero-order chi connectivity index (χ0) is 15.8. The van der Waals surface area contributed by atoms with Gasteiger partial charge in [-0.25, -0.2) is 0 Å². The lowest BCUT2D eigenvalue weighted by Crippen LogP contribution is -2.41. The van der Waals surface area contributed by atoms with E-state index >= 15 is 0 Å². The van der Waals surface area contributed by atoms with Crippen LogP contribution in [-0.2, 0) is 11.3 Å². The number of hydrogen-bond donors (Lipinski definition) is 1. The number of rotatable bonds is 3. The van der Waals surface area contributed by atoms with E-state index in [0.29, 0.717) is 18.5 Å². The van der Waals surface area contributed by atoms with Crippen molar-refractivity contribution in [2.45, 2.75) is 50.7 Å². The molecule has 2 aromatic rings. The number of carboxylic acids is 1. The minimum absolute atomic E-state index is 0.345. The number of carbonyl (C=O) groups is 1. The third kappa shape index (κ3) is 2.61. The van der Waals surface area contributed by atoms with Gasteiger partial charge in [0.25, 0.3) is 0 Å². The second-order valence-electron chi connectivity index (χ2n) is 6.87. The van der Waals surface area contributed by atoms with Crippen LogP contribution >= 0.6 is 0 Å². The van der Waals surface area contributed by atoms with Gasteiger partial charge in [-0.1, -0.05) is 37.1 Å². The molecule has 0 bridgehead atoms. The number of aromatic nitrogens is 1. The lowest BCUT2D eigenvalue weighted by Gasteiger charge is -2.33. The van der Waals surface area contributed by atoms with Crippen molar-refractivity contribution in [3.8, 4) is 0 Å². The topological polar surface area (TPSA) is 53.4 Å². The molecular weight excluding hydrogens is 288 g/mol. The van der Waals surface area contributed by atoms with E-state index in [2.05, 4.69) is 28.1 Å². The Morgan fingerprint density at radius 3 is 2.91 bits per heavy atom. The van der Waals surface area contributed by atoms with Crippen molar-refractivity contribution in [1.29, 1.82) is 0 Å². The van der Waals surface area contributed by atoms with Gasteiger partial charge in [0.15, 0.2) is 0 Å². The van der Waals surface area contributed by atoms with Gasteiger partial charge in [0.1, 0.15) is 6.04 Å². The van der Waals surface area contributed by atoms with Crippen LogP contribution in [0.1, 0.15) is 37.7 Å². The van der Waals surface area contributed by atoms with Crippen molar-refractivity contribution < 1.29 is 9.90 Å². The molecule has 4 heteroatoms. The number of carboxylic acid groups (broad SMARTS) is 1. The quantitative estimate of drug-likeness (QED) is 0.943. The van der Waals surface area contributed by atoms with Gasteiger partial charge < -0.3 is 5.11 Å². The van der Waals surface area contributed by atoms with Gasteiger partial charge in [0.05, 0.1) is 5.52 Å². The minimum Gasteiger partial charge on any atom is -0.480 e. The molecule has 0 spiro atoms. The van der Waals surface area contributed by atoms with Crippen LogP contribution in [0.2, 0.25) is 0 Å².